The number of benzene rings is 1. The number of ether oxygens (including phenoxy) is 2. The molecule has 3 N–H and O–H groups in total. The summed E-state index contributed by atoms with van der Waals surface area (Å²) in [5.41, 5.74) is 7.38. The second kappa shape index (κ2) is 5.38. The summed E-state index contributed by atoms with van der Waals surface area (Å²) < 4.78 is 11.0. The fourth-order valence-corrected chi connectivity index (χ4v) is 2.23. The Labute approximate surface area is 117 Å². The van der Waals surface area contributed by atoms with Crippen LogP contribution >= 0.6 is 0 Å². The van der Waals surface area contributed by atoms with Crippen LogP contribution in [-0.2, 0) is 6.42 Å². The highest BCUT2D eigenvalue weighted by Crippen LogP contribution is 2.33. The Kier molecular flexibility index (Phi) is 3.43. The van der Waals surface area contributed by atoms with E-state index >= 15 is 0 Å². The molecule has 1 unspecified atom stereocenters. The summed E-state index contributed by atoms with van der Waals surface area (Å²) in [4.78, 5) is 3.94. The number of aliphatic hydroxyl groups is 1. The average molecular weight is 272 g/mol. The normalized spacial score (nSPS) is 14.8. The zero-order valence-electron chi connectivity index (χ0n) is 11.0. The van der Waals surface area contributed by atoms with Crippen molar-refractivity contribution >= 4 is 5.82 Å². The molecule has 5 heteroatoms. The first-order valence-electron chi connectivity index (χ1n) is 6.50. The number of nitrogens with two attached hydrogens (primary N) is 1. The minimum absolute atomic E-state index is 0.455. The molecule has 5 nitrogen and oxygen atoms in total. The van der Waals surface area contributed by atoms with Crippen LogP contribution in [0, 0.1) is 0 Å². The molecule has 0 aliphatic carbocycles. The van der Waals surface area contributed by atoms with Crippen LogP contribution in [0.3, 0.4) is 0 Å². The van der Waals surface area contributed by atoms with Crippen LogP contribution in [0.4, 0.5) is 5.82 Å². The lowest BCUT2D eigenvalue weighted by atomic mass is 10.0. The number of nitrogens with zero attached hydrogens (tertiary/aromatic N) is 1. The Morgan fingerprint density at radius 1 is 1.15 bits per heavy atom. The van der Waals surface area contributed by atoms with Crippen LogP contribution < -0.4 is 15.2 Å². The number of nitrogen functional groups attached to an aromatic ring is 1. The van der Waals surface area contributed by atoms with Gasteiger partial charge in [-0.1, -0.05) is 6.07 Å². The number of fused-ring (bicyclic) bond motifs is 1. The third-order valence-corrected chi connectivity index (χ3v) is 3.23. The Hall–Kier alpha value is -2.27. The third-order valence-electron chi connectivity index (χ3n) is 3.23. The van der Waals surface area contributed by atoms with E-state index in [4.69, 9.17) is 15.2 Å². The fourth-order valence-electron chi connectivity index (χ4n) is 2.23. The predicted molar refractivity (Wildman–Crippen MR) is 74.7 cm³/mol. The zero-order chi connectivity index (χ0) is 13.9. The molecular weight excluding hydrogens is 256 g/mol. The van der Waals surface area contributed by atoms with Crippen molar-refractivity contribution in [2.45, 2.75) is 12.5 Å². The number of anilines is 1. The van der Waals surface area contributed by atoms with Gasteiger partial charge in [-0.25, -0.2) is 4.98 Å². The molecule has 104 valence electrons. The van der Waals surface area contributed by atoms with E-state index in [9.17, 15) is 5.11 Å². The van der Waals surface area contributed by atoms with Gasteiger partial charge < -0.3 is 20.3 Å². The van der Waals surface area contributed by atoms with Crippen molar-refractivity contribution in [3.05, 3.63) is 47.7 Å². The molecular formula is C15H16N2O3. The number of hydrogen-bond acceptors (Lipinski definition) is 5. The van der Waals surface area contributed by atoms with Gasteiger partial charge in [-0.2, -0.15) is 0 Å². The summed E-state index contributed by atoms with van der Waals surface area (Å²) in [6, 6.07) is 9.11. The molecule has 2 aromatic rings. The Morgan fingerprint density at radius 2 is 1.95 bits per heavy atom. The van der Waals surface area contributed by atoms with Crippen molar-refractivity contribution in [2.24, 2.45) is 0 Å². The standard InChI is InChI=1S/C15H16N2O3/c16-15-8-10(3-4-17-15)7-12(18)11-1-2-13-14(9-11)20-6-5-19-13/h1-4,8-9,12,18H,5-7H2,(H2,16,17). The smallest absolute Gasteiger partial charge is 0.161 e. The molecule has 3 rings (SSSR count). The van der Waals surface area contributed by atoms with Gasteiger partial charge in [0.2, 0.25) is 0 Å². The molecule has 1 aromatic carbocycles. The quantitative estimate of drug-likeness (QED) is 0.889. The molecule has 2 heterocycles. The second-order valence-electron chi connectivity index (χ2n) is 4.71. The van der Waals surface area contributed by atoms with E-state index in [-0.39, 0.29) is 0 Å². The van der Waals surface area contributed by atoms with Crippen molar-refractivity contribution in [3.8, 4) is 11.5 Å². The summed E-state index contributed by atoms with van der Waals surface area (Å²) in [5, 5.41) is 10.3. The maximum absolute atomic E-state index is 10.3. The molecule has 1 aliphatic rings. The van der Waals surface area contributed by atoms with Crippen molar-refractivity contribution in [1.82, 2.24) is 4.98 Å². The van der Waals surface area contributed by atoms with E-state index in [1.54, 1.807) is 12.3 Å². The molecule has 1 aromatic heterocycles. The molecule has 0 spiro atoms. The van der Waals surface area contributed by atoms with E-state index in [0.717, 1.165) is 16.9 Å². The molecule has 1 aliphatic heterocycles. The predicted octanol–water partition coefficient (Wildman–Crippen LogP) is 1.71. The van der Waals surface area contributed by atoms with Crippen LogP contribution in [0.1, 0.15) is 17.2 Å². The number of aromatic nitrogens is 1. The van der Waals surface area contributed by atoms with Gasteiger partial charge in [0.1, 0.15) is 19.0 Å². The Bertz CT molecular complexity index is 616. The van der Waals surface area contributed by atoms with Crippen molar-refractivity contribution in [1.29, 1.82) is 0 Å². The first-order valence-corrected chi connectivity index (χ1v) is 6.50. The van der Waals surface area contributed by atoms with Crippen molar-refractivity contribution in [3.63, 3.8) is 0 Å². The molecule has 0 amide bonds. The van der Waals surface area contributed by atoms with E-state index in [0.29, 0.717) is 31.2 Å². The summed E-state index contributed by atoms with van der Waals surface area (Å²) in [5.74, 6) is 1.86. The Morgan fingerprint density at radius 3 is 2.75 bits per heavy atom. The maximum atomic E-state index is 10.3. The minimum Gasteiger partial charge on any atom is -0.486 e. The van der Waals surface area contributed by atoms with Crippen molar-refractivity contribution in [2.75, 3.05) is 18.9 Å². The SMILES string of the molecule is Nc1cc(CC(O)c2ccc3c(c2)OCCO3)ccn1. The minimum atomic E-state index is -0.618. The van der Waals surface area contributed by atoms with Crippen molar-refractivity contribution < 1.29 is 14.6 Å². The first kappa shape index (κ1) is 12.7. The lowest BCUT2D eigenvalue weighted by Crippen LogP contribution is -2.15. The highest BCUT2D eigenvalue weighted by molar-refractivity contribution is 5.44. The van der Waals surface area contributed by atoms with E-state index < -0.39 is 6.10 Å². The number of rotatable bonds is 3. The summed E-state index contributed by atoms with van der Waals surface area (Å²) >= 11 is 0. The zero-order valence-corrected chi connectivity index (χ0v) is 11.0. The van der Waals surface area contributed by atoms with Gasteiger partial charge in [-0.15, -0.1) is 0 Å². The average Bonchev–Trinajstić information content (AvgIpc) is 2.47. The fraction of sp³-hybridized carbons (Fsp3) is 0.267. The third kappa shape index (κ3) is 2.67. The van der Waals surface area contributed by atoms with Gasteiger partial charge in [0.25, 0.3) is 0 Å². The van der Waals surface area contributed by atoms with Gasteiger partial charge >= 0.3 is 0 Å². The van der Waals surface area contributed by atoms with Gasteiger partial charge in [0.15, 0.2) is 11.5 Å². The number of hydrogen-bond donors (Lipinski definition) is 2. The number of pyridine rings is 1. The molecule has 0 saturated carbocycles. The van der Waals surface area contributed by atoms with E-state index in [1.165, 1.54) is 0 Å². The lowest BCUT2D eigenvalue weighted by molar-refractivity contribution is 0.164. The second-order valence-corrected chi connectivity index (χ2v) is 4.71. The maximum Gasteiger partial charge on any atom is 0.161 e. The lowest BCUT2D eigenvalue weighted by Gasteiger charge is -2.20. The monoisotopic (exact) mass is 272 g/mol. The van der Waals surface area contributed by atoms with E-state index in [1.807, 2.05) is 24.3 Å². The molecule has 1 atom stereocenters. The summed E-state index contributed by atoms with van der Waals surface area (Å²) in [6.45, 7) is 1.10. The van der Waals surface area contributed by atoms with Gasteiger partial charge in [0.05, 0.1) is 6.10 Å². The van der Waals surface area contributed by atoms with Gasteiger partial charge in [-0.3, -0.25) is 0 Å². The first-order chi connectivity index (χ1) is 9.72. The largest absolute Gasteiger partial charge is 0.486 e. The van der Waals surface area contributed by atoms with Gasteiger partial charge in [-0.05, 0) is 35.4 Å². The van der Waals surface area contributed by atoms with Crippen LogP contribution in [-0.4, -0.2) is 23.3 Å². The summed E-state index contributed by atoms with van der Waals surface area (Å²) in [6.07, 6.45) is 1.50. The van der Waals surface area contributed by atoms with Crippen LogP contribution in [0.15, 0.2) is 36.5 Å². The van der Waals surface area contributed by atoms with Crippen LogP contribution in [0.5, 0.6) is 11.5 Å². The highest BCUT2D eigenvalue weighted by Gasteiger charge is 2.15. The molecule has 0 fully saturated rings. The summed E-state index contributed by atoms with van der Waals surface area (Å²) in [7, 11) is 0. The highest BCUT2D eigenvalue weighted by atomic mass is 16.6. The Balaban J connectivity index is 1.78. The molecule has 0 bridgehead atoms. The number of aliphatic hydroxyl groups excluding tert-OH is 1. The van der Waals surface area contributed by atoms with E-state index in [2.05, 4.69) is 4.98 Å². The molecule has 20 heavy (non-hydrogen) atoms. The molecule has 0 radical (unpaired) electrons. The topological polar surface area (TPSA) is 77.6 Å². The van der Waals surface area contributed by atoms with Crippen LogP contribution in [0.2, 0.25) is 0 Å². The molecule has 0 saturated heterocycles. The van der Waals surface area contributed by atoms with Crippen LogP contribution in [0.25, 0.3) is 0 Å². The van der Waals surface area contributed by atoms with Gasteiger partial charge in [0, 0.05) is 12.6 Å².